The molecule has 0 aliphatic carbocycles. The number of hydrogen-bond acceptors (Lipinski definition) is 10. The van der Waals surface area contributed by atoms with Gasteiger partial charge in [-0.05, 0) is 36.3 Å². The van der Waals surface area contributed by atoms with Gasteiger partial charge in [0.1, 0.15) is 24.8 Å². The van der Waals surface area contributed by atoms with Crippen LogP contribution >= 0.6 is 0 Å². The van der Waals surface area contributed by atoms with Crippen LogP contribution in [0.4, 0.5) is 10.5 Å². The second-order valence-corrected chi connectivity index (χ2v) is 16.8. The molecule has 0 bridgehead atoms. The zero-order valence-corrected chi connectivity index (χ0v) is 26.0. The molecule has 2 aromatic heterocycles. The van der Waals surface area contributed by atoms with Gasteiger partial charge in [-0.1, -0.05) is 20.8 Å². The number of nitrogens with zero attached hydrogens (tertiary/aromatic N) is 4. The van der Waals surface area contributed by atoms with Crippen molar-refractivity contribution in [2.75, 3.05) is 44.9 Å². The summed E-state index contributed by atoms with van der Waals surface area (Å²) in [7, 11) is -0.683. The van der Waals surface area contributed by atoms with E-state index in [1.165, 1.54) is 13.3 Å². The fourth-order valence-corrected chi connectivity index (χ4v) is 6.04. The smallest absolute Gasteiger partial charge is 0.414 e. The lowest BCUT2D eigenvalue weighted by Gasteiger charge is -2.39. The first kappa shape index (κ1) is 29.8. The van der Waals surface area contributed by atoms with Crippen molar-refractivity contribution in [1.82, 2.24) is 19.9 Å². The lowest BCUT2D eigenvalue weighted by atomic mass is 10.2. The van der Waals surface area contributed by atoms with Crippen molar-refractivity contribution >= 4 is 31.3 Å². The van der Waals surface area contributed by atoms with Crippen LogP contribution in [0.1, 0.15) is 20.8 Å². The van der Waals surface area contributed by atoms with Gasteiger partial charge >= 0.3 is 6.09 Å². The number of aromatic nitrogens is 3. The van der Waals surface area contributed by atoms with Crippen molar-refractivity contribution in [2.45, 2.75) is 57.7 Å². The SMILES string of the molecule is COc1ccc2ncc(=O)n(C[C@@H](CNC[C@@H]3CN(c4ccc5c(c4)OCCO5)C(=O)O3)O[Si](C)(C)C(C)(C)C)c2n1. The fourth-order valence-electron chi connectivity index (χ4n) is 4.70. The van der Waals surface area contributed by atoms with E-state index in [0.29, 0.717) is 67.1 Å². The molecule has 1 aromatic carbocycles. The van der Waals surface area contributed by atoms with Gasteiger partial charge in [-0.15, -0.1) is 0 Å². The molecule has 42 heavy (non-hydrogen) atoms. The zero-order valence-electron chi connectivity index (χ0n) is 25.0. The second-order valence-electron chi connectivity index (χ2n) is 12.0. The topological polar surface area (TPSA) is 126 Å². The number of ether oxygens (including phenoxy) is 4. The summed E-state index contributed by atoms with van der Waals surface area (Å²) in [6.07, 6.45) is 0.169. The summed E-state index contributed by atoms with van der Waals surface area (Å²) >= 11 is 0. The number of methoxy groups -OCH3 is 1. The highest BCUT2D eigenvalue weighted by Crippen LogP contribution is 2.38. The molecule has 2 aliphatic rings. The van der Waals surface area contributed by atoms with Crippen molar-refractivity contribution in [3.63, 3.8) is 0 Å². The molecule has 4 heterocycles. The van der Waals surface area contributed by atoms with Gasteiger partial charge in [0.25, 0.3) is 5.56 Å². The average Bonchev–Trinajstić information content (AvgIpc) is 3.33. The molecule has 12 nitrogen and oxygen atoms in total. The van der Waals surface area contributed by atoms with E-state index in [9.17, 15) is 9.59 Å². The van der Waals surface area contributed by atoms with E-state index in [0.717, 1.165) is 0 Å². The minimum absolute atomic E-state index is 0.0386. The third-order valence-electron chi connectivity index (χ3n) is 7.98. The highest BCUT2D eigenvalue weighted by molar-refractivity contribution is 6.74. The van der Waals surface area contributed by atoms with Crippen molar-refractivity contribution in [3.8, 4) is 17.4 Å². The van der Waals surface area contributed by atoms with E-state index < -0.39 is 14.4 Å². The summed E-state index contributed by atoms with van der Waals surface area (Å²) in [5.41, 5.74) is 1.45. The third kappa shape index (κ3) is 6.37. The second kappa shape index (κ2) is 11.9. The van der Waals surface area contributed by atoms with Crippen LogP contribution in [0.2, 0.25) is 18.1 Å². The third-order valence-corrected chi connectivity index (χ3v) is 12.5. The van der Waals surface area contributed by atoms with Crippen molar-refractivity contribution < 1.29 is 28.2 Å². The van der Waals surface area contributed by atoms with Gasteiger partial charge < -0.3 is 28.7 Å². The molecule has 226 valence electrons. The van der Waals surface area contributed by atoms with Crippen LogP contribution in [0.3, 0.4) is 0 Å². The van der Waals surface area contributed by atoms with Crippen molar-refractivity contribution in [2.24, 2.45) is 0 Å². The van der Waals surface area contributed by atoms with E-state index in [1.807, 2.05) is 6.07 Å². The molecule has 2 atom stereocenters. The van der Waals surface area contributed by atoms with Gasteiger partial charge in [0, 0.05) is 25.2 Å². The minimum atomic E-state index is -2.22. The highest BCUT2D eigenvalue weighted by Gasteiger charge is 2.39. The Morgan fingerprint density at radius 3 is 2.62 bits per heavy atom. The fraction of sp³-hybridized carbons (Fsp3) is 0.517. The molecule has 1 saturated heterocycles. The number of carbonyl (C=O) groups is 1. The lowest BCUT2D eigenvalue weighted by Crippen LogP contribution is -2.49. The van der Waals surface area contributed by atoms with Crippen molar-refractivity contribution in [1.29, 1.82) is 0 Å². The molecule has 3 aromatic rings. The molecule has 1 N–H and O–H groups in total. The monoisotopic (exact) mass is 597 g/mol. The largest absolute Gasteiger partial charge is 0.486 e. The Morgan fingerprint density at radius 2 is 1.88 bits per heavy atom. The standard InChI is InChI=1S/C29H39N5O7Si/c1-29(2,3)42(5,6)41-21(18-34-26(35)16-31-22-8-10-25(37-4)32-27(22)34)15-30-14-20-17-33(28(36)40-20)19-7-9-23-24(13-19)39-12-11-38-23/h7-10,13,16,20-21,30H,11-12,14-15,17-18H2,1-6H3/t20-,21-/m1/s1. The molecule has 1 fully saturated rings. The van der Waals surface area contributed by atoms with Gasteiger partial charge in [0.05, 0.1) is 38.2 Å². The number of benzene rings is 1. The molecule has 1 amide bonds. The van der Waals surface area contributed by atoms with Crippen LogP contribution in [-0.4, -0.2) is 81.1 Å². The summed E-state index contributed by atoms with van der Waals surface area (Å²) < 4.78 is 30.6. The first-order chi connectivity index (χ1) is 19.9. The molecule has 13 heteroatoms. The Bertz CT molecular complexity index is 1510. The van der Waals surface area contributed by atoms with Gasteiger partial charge in [0.15, 0.2) is 25.5 Å². The Balaban J connectivity index is 1.29. The quantitative estimate of drug-likeness (QED) is 0.347. The van der Waals surface area contributed by atoms with Gasteiger partial charge in [-0.2, -0.15) is 4.98 Å². The van der Waals surface area contributed by atoms with Crippen LogP contribution in [0.5, 0.6) is 17.4 Å². The lowest BCUT2D eigenvalue weighted by molar-refractivity contribution is 0.129. The first-order valence-electron chi connectivity index (χ1n) is 14.1. The Kier molecular flexibility index (Phi) is 8.44. The van der Waals surface area contributed by atoms with E-state index >= 15 is 0 Å². The van der Waals surface area contributed by atoms with Crippen LogP contribution in [0, 0.1) is 0 Å². The van der Waals surface area contributed by atoms with Gasteiger partial charge in [0.2, 0.25) is 5.88 Å². The molecule has 2 aliphatic heterocycles. The maximum absolute atomic E-state index is 13.0. The van der Waals surface area contributed by atoms with E-state index in [2.05, 4.69) is 49.1 Å². The Morgan fingerprint density at radius 1 is 1.12 bits per heavy atom. The summed E-state index contributed by atoms with van der Waals surface area (Å²) in [5.74, 6) is 1.68. The summed E-state index contributed by atoms with van der Waals surface area (Å²) in [6.45, 7) is 13.4. The van der Waals surface area contributed by atoms with Crippen LogP contribution in [0.25, 0.3) is 11.2 Å². The van der Waals surface area contributed by atoms with Gasteiger partial charge in [-0.25, -0.2) is 9.78 Å². The maximum Gasteiger partial charge on any atom is 0.414 e. The summed E-state index contributed by atoms with van der Waals surface area (Å²) in [4.78, 5) is 36.1. The number of anilines is 1. The van der Waals surface area contributed by atoms with E-state index in [1.54, 1.807) is 33.7 Å². The molecular weight excluding hydrogens is 558 g/mol. The van der Waals surface area contributed by atoms with Crippen LogP contribution in [-0.2, 0) is 15.7 Å². The number of amides is 1. The summed E-state index contributed by atoms with van der Waals surface area (Å²) in [5, 5.41) is 3.39. The average molecular weight is 598 g/mol. The molecule has 0 radical (unpaired) electrons. The number of fused-ring (bicyclic) bond motifs is 2. The van der Waals surface area contributed by atoms with Crippen molar-refractivity contribution in [3.05, 3.63) is 46.9 Å². The number of nitrogens with one attached hydrogen (secondary N) is 1. The first-order valence-corrected chi connectivity index (χ1v) is 17.0. The summed E-state index contributed by atoms with van der Waals surface area (Å²) in [6, 6.07) is 8.93. The Labute approximate surface area is 246 Å². The molecule has 0 saturated carbocycles. The molecule has 5 rings (SSSR count). The number of rotatable bonds is 10. The van der Waals surface area contributed by atoms with E-state index in [4.69, 9.17) is 23.4 Å². The number of cyclic esters (lactones) is 1. The normalized spacial score (nSPS) is 17.8. The maximum atomic E-state index is 13.0. The predicted octanol–water partition coefficient (Wildman–Crippen LogP) is 3.58. The Hall–Kier alpha value is -3.68. The number of carbonyl (C=O) groups excluding carboxylic acids is 1. The molecule has 0 spiro atoms. The minimum Gasteiger partial charge on any atom is -0.486 e. The number of hydrogen-bond donors (Lipinski definition) is 1. The van der Waals surface area contributed by atoms with E-state index in [-0.39, 0.29) is 29.4 Å². The van der Waals surface area contributed by atoms with Crippen LogP contribution in [0.15, 0.2) is 41.3 Å². The van der Waals surface area contributed by atoms with Gasteiger partial charge in [-0.3, -0.25) is 14.3 Å². The number of pyridine rings is 1. The highest BCUT2D eigenvalue weighted by atomic mass is 28.4. The predicted molar refractivity (Wildman–Crippen MR) is 160 cm³/mol. The van der Waals surface area contributed by atoms with Crippen LogP contribution < -0.4 is 30.0 Å². The zero-order chi connectivity index (χ0) is 30.1. The molecule has 0 unspecified atom stereocenters. The molecular formula is C29H39N5O7Si.